The molecule has 1 N–H and O–H groups in total. The van der Waals surface area contributed by atoms with Crippen molar-refractivity contribution in [1.82, 2.24) is 10.3 Å². The molecule has 1 aromatic heterocycles. The third-order valence-corrected chi connectivity index (χ3v) is 5.49. The first-order chi connectivity index (χ1) is 11.8. The second kappa shape index (κ2) is 6.43. The van der Waals surface area contributed by atoms with Crippen molar-refractivity contribution in [1.29, 1.82) is 0 Å². The molecule has 3 atom stereocenters. The maximum absolute atomic E-state index is 12.6. The van der Waals surface area contributed by atoms with Crippen molar-refractivity contribution in [2.75, 3.05) is 13.2 Å². The molecular weight excluding hydrogens is 324 g/mol. The van der Waals surface area contributed by atoms with Gasteiger partial charge in [-0.05, 0) is 36.5 Å². The minimum absolute atomic E-state index is 0.0130. The average molecular weight is 344 g/mol. The molecular formula is C18H20N2O3S. The van der Waals surface area contributed by atoms with Crippen LogP contribution in [0.15, 0.2) is 29.8 Å². The second-order valence-electron chi connectivity index (χ2n) is 6.19. The number of nitrogens with one attached hydrogen (secondary N) is 1. The third kappa shape index (κ3) is 2.98. The highest BCUT2D eigenvalue weighted by Gasteiger charge is 2.44. The first-order valence-corrected chi connectivity index (χ1v) is 9.23. The summed E-state index contributed by atoms with van der Waals surface area (Å²) in [6, 6.07) is 6.02. The quantitative estimate of drug-likeness (QED) is 0.904. The molecule has 1 aliphatic carbocycles. The fourth-order valence-corrected chi connectivity index (χ4v) is 3.94. The number of benzene rings is 1. The molecule has 4 rings (SSSR count). The predicted molar refractivity (Wildman–Crippen MR) is 91.6 cm³/mol. The molecule has 1 saturated carbocycles. The zero-order valence-electron chi connectivity index (χ0n) is 13.5. The number of fused-ring (bicyclic) bond motifs is 1. The molecule has 0 spiro atoms. The van der Waals surface area contributed by atoms with E-state index in [2.05, 4.69) is 17.2 Å². The molecule has 1 aromatic carbocycles. The van der Waals surface area contributed by atoms with E-state index in [-0.39, 0.29) is 23.8 Å². The lowest BCUT2D eigenvalue weighted by Gasteiger charge is -2.19. The summed E-state index contributed by atoms with van der Waals surface area (Å²) in [4.78, 5) is 16.9. The Bertz CT molecular complexity index is 732. The lowest BCUT2D eigenvalue weighted by Crippen LogP contribution is -2.29. The van der Waals surface area contributed by atoms with Crippen LogP contribution in [0.25, 0.3) is 0 Å². The van der Waals surface area contributed by atoms with Crippen LogP contribution in [0.3, 0.4) is 0 Å². The van der Waals surface area contributed by atoms with Gasteiger partial charge in [0.25, 0.3) is 0 Å². The van der Waals surface area contributed by atoms with E-state index < -0.39 is 0 Å². The van der Waals surface area contributed by atoms with Gasteiger partial charge in [0.2, 0.25) is 5.91 Å². The van der Waals surface area contributed by atoms with Crippen LogP contribution in [0.1, 0.15) is 42.3 Å². The number of nitrogens with zero attached hydrogens (tertiary/aromatic N) is 1. The van der Waals surface area contributed by atoms with Crippen LogP contribution < -0.4 is 14.8 Å². The molecule has 24 heavy (non-hydrogen) atoms. The average Bonchev–Trinajstić information content (AvgIpc) is 3.25. The zero-order chi connectivity index (χ0) is 16.5. The van der Waals surface area contributed by atoms with Gasteiger partial charge in [-0.2, -0.15) is 0 Å². The fourth-order valence-electron chi connectivity index (χ4n) is 3.17. The Kier molecular flexibility index (Phi) is 4.14. The molecule has 5 nitrogen and oxygen atoms in total. The van der Waals surface area contributed by atoms with Crippen molar-refractivity contribution in [3.05, 3.63) is 40.3 Å². The number of rotatable bonds is 5. The molecule has 0 radical (unpaired) electrons. The molecule has 1 amide bonds. The van der Waals surface area contributed by atoms with Crippen LogP contribution in [0.2, 0.25) is 0 Å². The Morgan fingerprint density at radius 1 is 1.38 bits per heavy atom. The van der Waals surface area contributed by atoms with Gasteiger partial charge < -0.3 is 14.8 Å². The van der Waals surface area contributed by atoms with Crippen LogP contribution in [0.5, 0.6) is 11.5 Å². The van der Waals surface area contributed by atoms with Crippen molar-refractivity contribution in [3.63, 3.8) is 0 Å². The van der Waals surface area contributed by atoms with Gasteiger partial charge in [-0.3, -0.25) is 4.79 Å². The van der Waals surface area contributed by atoms with Gasteiger partial charge in [0.1, 0.15) is 18.2 Å². The third-order valence-electron chi connectivity index (χ3n) is 4.60. The van der Waals surface area contributed by atoms with E-state index >= 15 is 0 Å². The van der Waals surface area contributed by atoms with Crippen LogP contribution in [0.4, 0.5) is 0 Å². The minimum Gasteiger partial charge on any atom is -0.486 e. The van der Waals surface area contributed by atoms with Crippen molar-refractivity contribution < 1.29 is 14.3 Å². The number of thiazole rings is 1. The van der Waals surface area contributed by atoms with E-state index in [0.29, 0.717) is 13.2 Å². The van der Waals surface area contributed by atoms with Crippen LogP contribution in [-0.2, 0) is 4.79 Å². The largest absolute Gasteiger partial charge is 0.486 e. The standard InChI is InChI=1S/C18H20N2O3S/c1-2-14(18-19-5-8-24-18)20-17(21)13-10-12(13)11-3-4-15-16(9-11)23-7-6-22-15/h3-5,8-9,12-14H,2,6-7,10H2,1H3,(H,20,21)/t12-,13-,14+/m1/s1. The monoisotopic (exact) mass is 344 g/mol. The number of carbonyl (C=O) groups is 1. The van der Waals surface area contributed by atoms with E-state index in [1.54, 1.807) is 17.5 Å². The molecule has 0 unspecified atom stereocenters. The summed E-state index contributed by atoms with van der Waals surface area (Å²) in [5.74, 6) is 2.02. The Morgan fingerprint density at radius 2 is 2.21 bits per heavy atom. The SMILES string of the molecule is CC[C@H](NC(=O)[C@@H]1C[C@@H]1c1ccc2c(c1)OCCO2)c1nccs1. The van der Waals surface area contributed by atoms with Crippen molar-refractivity contribution >= 4 is 17.2 Å². The Hall–Kier alpha value is -2.08. The summed E-state index contributed by atoms with van der Waals surface area (Å²) in [5.41, 5.74) is 1.15. The van der Waals surface area contributed by atoms with Gasteiger partial charge in [-0.1, -0.05) is 13.0 Å². The molecule has 2 heterocycles. The highest BCUT2D eigenvalue weighted by molar-refractivity contribution is 7.09. The molecule has 0 saturated heterocycles. The fraction of sp³-hybridized carbons (Fsp3) is 0.444. The van der Waals surface area contributed by atoms with Crippen molar-refractivity contribution in [3.8, 4) is 11.5 Å². The van der Waals surface area contributed by atoms with Gasteiger partial charge in [0.15, 0.2) is 11.5 Å². The number of carbonyl (C=O) groups excluding carboxylic acids is 1. The molecule has 2 aliphatic rings. The van der Waals surface area contributed by atoms with Crippen LogP contribution in [0, 0.1) is 5.92 Å². The topological polar surface area (TPSA) is 60.5 Å². The summed E-state index contributed by atoms with van der Waals surface area (Å²) in [7, 11) is 0. The highest BCUT2D eigenvalue weighted by Crippen LogP contribution is 2.49. The van der Waals surface area contributed by atoms with E-state index in [1.807, 2.05) is 23.6 Å². The van der Waals surface area contributed by atoms with Crippen molar-refractivity contribution in [2.24, 2.45) is 5.92 Å². The van der Waals surface area contributed by atoms with Crippen LogP contribution >= 0.6 is 11.3 Å². The van der Waals surface area contributed by atoms with E-state index in [1.165, 1.54) is 0 Å². The van der Waals surface area contributed by atoms with Crippen molar-refractivity contribution in [2.45, 2.75) is 31.7 Å². The summed E-state index contributed by atoms with van der Waals surface area (Å²) < 4.78 is 11.2. The maximum atomic E-state index is 12.6. The smallest absolute Gasteiger partial charge is 0.224 e. The lowest BCUT2D eigenvalue weighted by molar-refractivity contribution is -0.123. The summed E-state index contributed by atoms with van der Waals surface area (Å²) in [6.45, 7) is 3.24. The molecule has 126 valence electrons. The normalized spacial score (nSPS) is 22.7. The van der Waals surface area contributed by atoms with E-state index in [4.69, 9.17) is 9.47 Å². The number of hydrogen-bond acceptors (Lipinski definition) is 5. The Labute approximate surface area is 145 Å². The second-order valence-corrected chi connectivity index (χ2v) is 7.12. The van der Waals surface area contributed by atoms with Crippen LogP contribution in [-0.4, -0.2) is 24.1 Å². The Balaban J connectivity index is 1.41. The first kappa shape index (κ1) is 15.4. The van der Waals surface area contributed by atoms with Gasteiger partial charge in [-0.25, -0.2) is 4.98 Å². The van der Waals surface area contributed by atoms with Gasteiger partial charge >= 0.3 is 0 Å². The Morgan fingerprint density at radius 3 is 2.96 bits per heavy atom. The summed E-state index contributed by atoms with van der Waals surface area (Å²) in [6.07, 6.45) is 3.52. The maximum Gasteiger partial charge on any atom is 0.224 e. The molecule has 1 aliphatic heterocycles. The molecule has 6 heteroatoms. The molecule has 1 fully saturated rings. The van der Waals surface area contributed by atoms with Gasteiger partial charge in [0, 0.05) is 17.5 Å². The number of aromatic nitrogens is 1. The summed E-state index contributed by atoms with van der Waals surface area (Å²) >= 11 is 1.59. The first-order valence-electron chi connectivity index (χ1n) is 8.35. The number of amides is 1. The van der Waals surface area contributed by atoms with Gasteiger partial charge in [0.05, 0.1) is 6.04 Å². The predicted octanol–water partition coefficient (Wildman–Crippen LogP) is 3.29. The van der Waals surface area contributed by atoms with E-state index in [0.717, 1.165) is 34.9 Å². The summed E-state index contributed by atoms with van der Waals surface area (Å²) in [5, 5.41) is 6.06. The minimum atomic E-state index is 0.0130. The lowest BCUT2D eigenvalue weighted by atomic mass is 10.1. The highest BCUT2D eigenvalue weighted by atomic mass is 32.1. The van der Waals surface area contributed by atoms with E-state index in [9.17, 15) is 4.79 Å². The van der Waals surface area contributed by atoms with Gasteiger partial charge in [-0.15, -0.1) is 11.3 Å². The number of hydrogen-bond donors (Lipinski definition) is 1. The molecule has 0 bridgehead atoms. The number of ether oxygens (including phenoxy) is 2. The zero-order valence-corrected chi connectivity index (χ0v) is 14.3. The molecule has 2 aromatic rings.